The van der Waals surface area contributed by atoms with Gasteiger partial charge in [-0.1, -0.05) is 24.6 Å². The topological polar surface area (TPSA) is 53.1 Å². The zero-order chi connectivity index (χ0) is 18.4. The first-order valence-electron chi connectivity index (χ1n) is 7.86. The van der Waals surface area contributed by atoms with Gasteiger partial charge in [0.25, 0.3) is 0 Å². The van der Waals surface area contributed by atoms with Crippen molar-refractivity contribution in [1.82, 2.24) is 10.2 Å². The lowest BCUT2D eigenvalue weighted by molar-refractivity contribution is 0.579. The summed E-state index contributed by atoms with van der Waals surface area (Å²) in [7, 11) is 0. The zero-order valence-electron chi connectivity index (χ0n) is 13.5. The summed E-state index contributed by atoms with van der Waals surface area (Å²) in [5, 5.41) is 9.49. The van der Waals surface area contributed by atoms with Crippen molar-refractivity contribution in [1.29, 1.82) is 0 Å². The van der Waals surface area contributed by atoms with Gasteiger partial charge in [-0.15, -0.1) is 0 Å². The first kappa shape index (κ1) is 16.7. The molecule has 0 atom stereocenters. The number of nitrogens with one attached hydrogen (secondary N) is 2. The van der Waals surface area contributed by atoms with Gasteiger partial charge in [-0.05, 0) is 36.2 Å². The van der Waals surface area contributed by atoms with Crippen molar-refractivity contribution in [2.45, 2.75) is 13.3 Å². The lowest BCUT2D eigenvalue weighted by Gasteiger charge is -2.10. The van der Waals surface area contributed by atoms with E-state index in [-0.39, 0.29) is 22.4 Å². The van der Waals surface area contributed by atoms with Gasteiger partial charge in [0, 0.05) is 5.56 Å². The third-order valence-electron chi connectivity index (χ3n) is 4.19. The zero-order valence-corrected chi connectivity index (χ0v) is 14.3. The van der Waals surface area contributed by atoms with E-state index in [2.05, 4.69) is 20.5 Å². The van der Waals surface area contributed by atoms with Crippen LogP contribution in [-0.4, -0.2) is 16.0 Å². The number of benzene rings is 2. The summed E-state index contributed by atoms with van der Waals surface area (Å²) < 4.78 is 43.2. The summed E-state index contributed by atoms with van der Waals surface area (Å²) in [6.45, 7) is 1.89. The molecule has 8 heteroatoms. The van der Waals surface area contributed by atoms with Gasteiger partial charge >= 0.3 is 0 Å². The molecule has 0 radical (unpaired) electrons. The number of H-pyrrole nitrogens is 1. The molecule has 1 aromatic heterocycles. The minimum absolute atomic E-state index is 0.0496. The Bertz CT molecular complexity index is 1040. The van der Waals surface area contributed by atoms with Gasteiger partial charge in [0.2, 0.25) is 0 Å². The molecular formula is C18H12ClF3N4. The maximum absolute atomic E-state index is 14.7. The summed E-state index contributed by atoms with van der Waals surface area (Å²) in [4.78, 5) is 4.18. The minimum Gasteiger partial charge on any atom is -0.335 e. The predicted molar refractivity (Wildman–Crippen MR) is 94.5 cm³/mol. The number of aromatic nitrogens is 2. The lowest BCUT2D eigenvalue weighted by Crippen LogP contribution is -2.16. The summed E-state index contributed by atoms with van der Waals surface area (Å²) in [5.41, 5.74) is 1.38. The molecule has 26 heavy (non-hydrogen) atoms. The third-order valence-corrected chi connectivity index (χ3v) is 4.46. The maximum atomic E-state index is 14.7. The Morgan fingerprint density at radius 1 is 1.08 bits per heavy atom. The van der Waals surface area contributed by atoms with Crippen molar-refractivity contribution >= 4 is 28.8 Å². The van der Waals surface area contributed by atoms with Crippen molar-refractivity contribution in [3.63, 3.8) is 0 Å². The average Bonchev–Trinajstić information content (AvgIpc) is 2.87. The number of rotatable bonds is 2. The van der Waals surface area contributed by atoms with Crippen LogP contribution in [0.5, 0.6) is 0 Å². The Hall–Kier alpha value is -2.80. The fraction of sp³-hybridized carbons (Fsp3) is 0.111. The highest BCUT2D eigenvalue weighted by atomic mass is 35.5. The summed E-state index contributed by atoms with van der Waals surface area (Å²) >= 11 is 6.10. The Morgan fingerprint density at radius 3 is 2.50 bits per heavy atom. The molecule has 1 aliphatic heterocycles. The summed E-state index contributed by atoms with van der Waals surface area (Å²) in [5.74, 6) is -2.45. The van der Waals surface area contributed by atoms with Crippen LogP contribution >= 0.6 is 11.6 Å². The van der Waals surface area contributed by atoms with Gasteiger partial charge in [0.15, 0.2) is 5.15 Å². The molecular weight excluding hydrogens is 365 g/mol. The van der Waals surface area contributed by atoms with Crippen molar-refractivity contribution in [2.24, 2.45) is 4.99 Å². The molecule has 2 aromatic carbocycles. The first-order valence-corrected chi connectivity index (χ1v) is 8.24. The standard InChI is InChI=1S/C18H12ClF3N4/c1-2-8-6-9-14(12(22)7-8)23-18(13-10(20)4-3-5-11(13)21)24-16-15(9)25-26-17(16)19/h3-7H,2H2,1H3,(H,23,24)(H,25,26). The number of hydrogen-bond donors (Lipinski definition) is 2. The number of aromatic amines is 1. The van der Waals surface area contributed by atoms with Crippen molar-refractivity contribution in [2.75, 3.05) is 5.32 Å². The maximum Gasteiger partial charge on any atom is 0.174 e. The summed E-state index contributed by atoms with van der Waals surface area (Å²) in [6.07, 6.45) is 0.605. The first-order chi connectivity index (χ1) is 12.5. The monoisotopic (exact) mass is 376 g/mol. The number of aryl methyl sites for hydroxylation is 1. The molecule has 132 valence electrons. The van der Waals surface area contributed by atoms with Crippen LogP contribution < -0.4 is 5.32 Å². The second-order valence-corrected chi connectivity index (χ2v) is 6.13. The van der Waals surface area contributed by atoms with Gasteiger partial charge in [0.05, 0.1) is 11.3 Å². The molecule has 2 N–H and O–H groups in total. The molecule has 0 bridgehead atoms. The van der Waals surface area contributed by atoms with Gasteiger partial charge in [-0.3, -0.25) is 5.10 Å². The molecule has 0 unspecified atom stereocenters. The van der Waals surface area contributed by atoms with Crippen LogP contribution in [0.15, 0.2) is 35.3 Å². The molecule has 0 aliphatic carbocycles. The second kappa shape index (κ2) is 6.17. The average molecular weight is 377 g/mol. The molecule has 1 aliphatic rings. The van der Waals surface area contributed by atoms with Crippen LogP contribution in [-0.2, 0) is 6.42 Å². The van der Waals surface area contributed by atoms with Crippen molar-refractivity contribution < 1.29 is 13.2 Å². The van der Waals surface area contributed by atoms with Gasteiger partial charge in [-0.25, -0.2) is 18.2 Å². The molecule has 0 fully saturated rings. The van der Waals surface area contributed by atoms with Crippen LogP contribution in [0.25, 0.3) is 11.3 Å². The minimum atomic E-state index is -0.827. The van der Waals surface area contributed by atoms with Crippen LogP contribution in [0.3, 0.4) is 0 Å². The Labute approximate surface area is 151 Å². The highest BCUT2D eigenvalue weighted by Crippen LogP contribution is 2.42. The largest absolute Gasteiger partial charge is 0.335 e. The Kier molecular flexibility index (Phi) is 3.96. The molecule has 0 saturated heterocycles. The normalized spacial score (nSPS) is 12.7. The van der Waals surface area contributed by atoms with Crippen molar-refractivity contribution in [3.8, 4) is 11.3 Å². The van der Waals surface area contributed by atoms with Crippen LogP contribution in [0.4, 0.5) is 24.5 Å². The Balaban J connectivity index is 2.05. The number of hydrogen-bond acceptors (Lipinski definition) is 3. The van der Waals surface area contributed by atoms with Crippen LogP contribution in [0, 0.1) is 17.5 Å². The number of fused-ring (bicyclic) bond motifs is 3. The smallest absolute Gasteiger partial charge is 0.174 e. The van der Waals surface area contributed by atoms with E-state index in [1.165, 1.54) is 12.1 Å². The lowest BCUT2D eigenvalue weighted by atomic mass is 10.0. The number of amidine groups is 1. The number of nitrogens with zero attached hydrogens (tertiary/aromatic N) is 2. The number of anilines is 1. The third kappa shape index (κ3) is 2.55. The SMILES string of the molecule is CCc1cc(F)c2c(c1)-c1[nH]nc(Cl)c1NC(c1c(F)cccc1F)=N2. The van der Waals surface area contributed by atoms with Crippen molar-refractivity contribution in [3.05, 3.63) is 64.1 Å². The van der Waals surface area contributed by atoms with Gasteiger partial charge in [-0.2, -0.15) is 5.10 Å². The van der Waals surface area contributed by atoms with E-state index in [4.69, 9.17) is 11.6 Å². The second-order valence-electron chi connectivity index (χ2n) is 5.77. The molecule has 0 amide bonds. The molecule has 0 saturated carbocycles. The van der Waals surface area contributed by atoms with Crippen LogP contribution in [0.2, 0.25) is 5.15 Å². The Morgan fingerprint density at radius 2 is 1.81 bits per heavy atom. The summed E-state index contributed by atoms with van der Waals surface area (Å²) in [6, 6.07) is 6.54. The van der Waals surface area contributed by atoms with E-state index in [0.29, 0.717) is 17.7 Å². The quantitative estimate of drug-likeness (QED) is 0.644. The highest BCUT2D eigenvalue weighted by molar-refractivity contribution is 6.34. The molecule has 2 heterocycles. The van der Waals surface area contributed by atoms with Gasteiger partial charge < -0.3 is 5.32 Å². The fourth-order valence-electron chi connectivity index (χ4n) is 2.89. The van der Waals surface area contributed by atoms with Crippen LogP contribution in [0.1, 0.15) is 18.1 Å². The van der Waals surface area contributed by atoms with E-state index in [9.17, 15) is 13.2 Å². The number of aliphatic imine (C=N–C) groups is 1. The van der Waals surface area contributed by atoms with E-state index in [0.717, 1.165) is 17.7 Å². The number of halogens is 4. The van der Waals surface area contributed by atoms with Gasteiger partial charge in [0.1, 0.15) is 34.7 Å². The van der Waals surface area contributed by atoms with E-state index in [1.807, 2.05) is 6.92 Å². The predicted octanol–water partition coefficient (Wildman–Crippen LogP) is 5.21. The van der Waals surface area contributed by atoms with E-state index < -0.39 is 23.0 Å². The fourth-order valence-corrected chi connectivity index (χ4v) is 3.08. The highest BCUT2D eigenvalue weighted by Gasteiger charge is 2.27. The molecule has 4 nitrogen and oxygen atoms in total. The van der Waals surface area contributed by atoms with E-state index in [1.54, 1.807) is 6.07 Å². The molecule has 0 spiro atoms. The molecule has 4 rings (SSSR count). The molecule has 3 aromatic rings. The van der Waals surface area contributed by atoms with E-state index >= 15 is 0 Å².